The Kier molecular flexibility index (Phi) is 45.5. The van der Waals surface area contributed by atoms with Crippen LogP contribution in [0.3, 0.4) is 0 Å². The molecular weight excluding hydrogens is 957 g/mol. The molecule has 0 aliphatic rings. The number of aliphatic imine (C=N–C) groups is 2. The highest BCUT2D eigenvalue weighted by Gasteiger charge is 2.13. The standard InChI is InChI=1S/C70H118N6O2/c1-7-13-15-17-19-21-23-25-27-29-31-33-35-37-39-41-43-45-55-77-69-57-65(75(51-9-3)52-10-4)49-47-63(69)61-73-67(59-71)68(60-72)74-62-64-48-50-66(76(53-11-5)54-12-6)58-70(64)78-56-46-44-42-40-38-36-34-32-30-28-26-24-22-20-18-16-14-8-2/h47-50,57-58,61-62H,7-46,51-56H2,1-6H3/b68-67+,73-61?,74-62?. The predicted molar refractivity (Wildman–Crippen MR) is 340 cm³/mol. The number of unbranched alkanes of at least 4 members (excludes halogenated alkanes) is 34. The molecule has 2 aromatic rings. The van der Waals surface area contributed by atoms with Crippen molar-refractivity contribution in [1.29, 1.82) is 10.5 Å². The van der Waals surface area contributed by atoms with Crippen LogP contribution >= 0.6 is 0 Å². The Hall–Kier alpha value is -4.30. The van der Waals surface area contributed by atoms with E-state index < -0.39 is 0 Å². The highest BCUT2D eigenvalue weighted by Crippen LogP contribution is 2.29. The fraction of sp³-hybridized carbons (Fsp3) is 0.743. The molecule has 0 N–H and O–H groups in total. The van der Waals surface area contributed by atoms with Gasteiger partial charge in [0.05, 0.1) is 13.2 Å². The zero-order valence-electron chi connectivity index (χ0n) is 51.6. The molecule has 2 rings (SSSR count). The molecule has 0 bridgehead atoms. The lowest BCUT2D eigenvalue weighted by Crippen LogP contribution is -2.24. The summed E-state index contributed by atoms with van der Waals surface area (Å²) in [5.74, 6) is 1.49. The quantitative estimate of drug-likeness (QED) is 0.0372. The Morgan fingerprint density at radius 3 is 0.833 bits per heavy atom. The maximum atomic E-state index is 10.3. The summed E-state index contributed by atoms with van der Waals surface area (Å²) < 4.78 is 13.0. The molecule has 0 aliphatic heterocycles. The van der Waals surface area contributed by atoms with E-state index in [0.29, 0.717) is 13.2 Å². The summed E-state index contributed by atoms with van der Waals surface area (Å²) in [6.07, 6.45) is 56.0. The Morgan fingerprint density at radius 1 is 0.359 bits per heavy atom. The van der Waals surface area contributed by atoms with E-state index >= 15 is 0 Å². The Morgan fingerprint density at radius 2 is 0.603 bits per heavy atom. The third-order valence-corrected chi connectivity index (χ3v) is 15.3. The minimum Gasteiger partial charge on any atom is -0.493 e. The number of ether oxygens (including phenoxy) is 2. The average Bonchev–Trinajstić information content (AvgIpc) is 3.45. The molecule has 2 aromatic carbocycles. The van der Waals surface area contributed by atoms with Crippen LogP contribution in [0.2, 0.25) is 0 Å². The number of allylic oxidation sites excluding steroid dienone is 2. The number of anilines is 2. The minimum atomic E-state index is -0.0409. The summed E-state index contributed by atoms with van der Waals surface area (Å²) in [7, 11) is 0. The van der Waals surface area contributed by atoms with Gasteiger partial charge in [0.1, 0.15) is 23.6 Å². The van der Waals surface area contributed by atoms with Crippen LogP contribution < -0.4 is 19.3 Å². The van der Waals surface area contributed by atoms with Gasteiger partial charge in [-0.2, -0.15) is 10.5 Å². The molecule has 0 aliphatic carbocycles. The molecule has 8 heteroatoms. The maximum Gasteiger partial charge on any atom is 0.176 e. The lowest BCUT2D eigenvalue weighted by Gasteiger charge is -2.25. The van der Waals surface area contributed by atoms with E-state index in [0.717, 1.165) is 112 Å². The molecule has 440 valence electrons. The molecule has 78 heavy (non-hydrogen) atoms. The molecule has 0 atom stereocenters. The zero-order valence-corrected chi connectivity index (χ0v) is 51.6. The topological polar surface area (TPSA) is 97.2 Å². The predicted octanol–water partition coefficient (Wildman–Crippen LogP) is 21.6. The van der Waals surface area contributed by atoms with Crippen molar-refractivity contribution in [2.75, 3.05) is 49.2 Å². The first-order valence-corrected chi connectivity index (χ1v) is 33.2. The molecule has 0 saturated carbocycles. The van der Waals surface area contributed by atoms with Gasteiger partial charge in [0.2, 0.25) is 0 Å². The number of benzene rings is 2. The Labute approximate surface area is 481 Å². The SMILES string of the molecule is CCCCCCCCCCCCCCCCCCCCOc1cc(N(CCC)CCC)ccc1C=N/C(C#N)=C(\C#N)N=Cc1ccc(N(CCC)CCC)cc1OCCCCCCCCCCCCCCCCCCCC. The van der Waals surface area contributed by atoms with Crippen molar-refractivity contribution in [3.05, 3.63) is 58.9 Å². The monoisotopic (exact) mass is 1070 g/mol. The van der Waals surface area contributed by atoms with Gasteiger partial charge in [-0.25, -0.2) is 9.98 Å². The van der Waals surface area contributed by atoms with Crippen LogP contribution in [0.5, 0.6) is 11.5 Å². The van der Waals surface area contributed by atoms with Gasteiger partial charge < -0.3 is 19.3 Å². The summed E-state index contributed by atoms with van der Waals surface area (Å²) >= 11 is 0. The number of hydrogen-bond acceptors (Lipinski definition) is 8. The highest BCUT2D eigenvalue weighted by atomic mass is 16.5. The Bertz CT molecular complexity index is 1760. The van der Waals surface area contributed by atoms with Gasteiger partial charge in [0.25, 0.3) is 0 Å². The smallest absolute Gasteiger partial charge is 0.176 e. The van der Waals surface area contributed by atoms with Gasteiger partial charge in [-0.15, -0.1) is 0 Å². The van der Waals surface area contributed by atoms with Gasteiger partial charge >= 0.3 is 0 Å². The van der Waals surface area contributed by atoms with Crippen molar-refractivity contribution < 1.29 is 9.47 Å². The average molecular weight is 1080 g/mol. The van der Waals surface area contributed by atoms with Gasteiger partial charge in [-0.05, 0) is 62.8 Å². The zero-order chi connectivity index (χ0) is 56.2. The lowest BCUT2D eigenvalue weighted by molar-refractivity contribution is 0.303. The van der Waals surface area contributed by atoms with Crippen molar-refractivity contribution in [3.63, 3.8) is 0 Å². The second-order valence-electron chi connectivity index (χ2n) is 22.6. The summed E-state index contributed by atoms with van der Waals surface area (Å²) in [5.41, 5.74) is 3.72. The van der Waals surface area contributed by atoms with E-state index in [1.807, 2.05) is 12.1 Å². The summed E-state index contributed by atoms with van der Waals surface area (Å²) in [4.78, 5) is 14.0. The number of hydrogen-bond donors (Lipinski definition) is 0. The lowest BCUT2D eigenvalue weighted by atomic mass is 10.0. The number of nitrogens with zero attached hydrogens (tertiary/aromatic N) is 6. The first-order valence-electron chi connectivity index (χ1n) is 33.2. The third kappa shape index (κ3) is 34.7. The van der Waals surface area contributed by atoms with Gasteiger partial charge in [-0.1, -0.05) is 260 Å². The molecule has 0 heterocycles. The molecule has 0 spiro atoms. The second kappa shape index (κ2) is 50.9. The summed E-state index contributed by atoms with van der Waals surface area (Å²) in [5, 5.41) is 20.7. The van der Waals surface area contributed by atoms with E-state index in [2.05, 4.69) is 97.7 Å². The molecule has 0 saturated heterocycles. The van der Waals surface area contributed by atoms with E-state index in [1.165, 1.54) is 205 Å². The normalized spacial score (nSPS) is 11.8. The first-order chi connectivity index (χ1) is 38.5. The van der Waals surface area contributed by atoms with Crippen molar-refractivity contribution in [2.45, 2.75) is 298 Å². The first kappa shape index (κ1) is 69.8. The third-order valence-electron chi connectivity index (χ3n) is 15.3. The van der Waals surface area contributed by atoms with Crippen molar-refractivity contribution >= 4 is 23.8 Å². The fourth-order valence-electron chi connectivity index (χ4n) is 10.6. The molecule has 0 radical (unpaired) electrons. The highest BCUT2D eigenvalue weighted by molar-refractivity contribution is 5.87. The van der Waals surface area contributed by atoms with E-state index in [1.54, 1.807) is 12.4 Å². The van der Waals surface area contributed by atoms with Crippen molar-refractivity contribution in [1.82, 2.24) is 0 Å². The van der Waals surface area contributed by atoms with E-state index in [-0.39, 0.29) is 11.4 Å². The van der Waals surface area contributed by atoms with Crippen molar-refractivity contribution in [2.24, 2.45) is 9.98 Å². The van der Waals surface area contributed by atoms with Crippen LogP contribution in [-0.2, 0) is 0 Å². The van der Waals surface area contributed by atoms with E-state index in [4.69, 9.17) is 9.47 Å². The second-order valence-corrected chi connectivity index (χ2v) is 22.6. The molecule has 0 unspecified atom stereocenters. The van der Waals surface area contributed by atoms with Crippen LogP contribution in [0.15, 0.2) is 57.8 Å². The van der Waals surface area contributed by atoms with Crippen LogP contribution in [-0.4, -0.2) is 51.8 Å². The van der Waals surface area contributed by atoms with Crippen molar-refractivity contribution in [3.8, 4) is 23.6 Å². The summed E-state index contributed by atoms with van der Waals surface area (Å²) in [6, 6.07) is 16.8. The molecule has 0 fully saturated rings. The molecular formula is C70H118N6O2. The largest absolute Gasteiger partial charge is 0.493 e. The molecule has 0 amide bonds. The van der Waals surface area contributed by atoms with E-state index in [9.17, 15) is 10.5 Å². The maximum absolute atomic E-state index is 10.3. The summed E-state index contributed by atoms with van der Waals surface area (Å²) in [6.45, 7) is 18.6. The van der Waals surface area contributed by atoms with Crippen LogP contribution in [0, 0.1) is 22.7 Å². The van der Waals surface area contributed by atoms with Crippen LogP contribution in [0.4, 0.5) is 11.4 Å². The number of rotatable bonds is 54. The Balaban J connectivity index is 2.01. The molecule has 8 nitrogen and oxygen atoms in total. The fourth-order valence-corrected chi connectivity index (χ4v) is 10.6. The van der Waals surface area contributed by atoms with Gasteiger partial charge in [0.15, 0.2) is 11.4 Å². The number of nitriles is 2. The van der Waals surface area contributed by atoms with Gasteiger partial charge in [-0.3, -0.25) is 0 Å². The minimum absolute atomic E-state index is 0.0409. The van der Waals surface area contributed by atoms with Gasteiger partial charge in [0, 0.05) is 73.2 Å². The van der Waals surface area contributed by atoms with Crippen LogP contribution in [0.1, 0.15) is 310 Å². The molecule has 0 aromatic heterocycles. The van der Waals surface area contributed by atoms with Crippen LogP contribution in [0.25, 0.3) is 0 Å².